The van der Waals surface area contributed by atoms with E-state index in [2.05, 4.69) is 44.5 Å². The first-order valence-electron chi connectivity index (χ1n) is 14.4. The van der Waals surface area contributed by atoms with Crippen molar-refractivity contribution in [3.8, 4) is 0 Å². The van der Waals surface area contributed by atoms with Gasteiger partial charge >= 0.3 is 0 Å². The molecule has 1 aliphatic rings. The number of carbonyl (C=O) groups excluding carboxylic acids is 1. The van der Waals surface area contributed by atoms with Crippen molar-refractivity contribution in [2.75, 3.05) is 13.1 Å². The van der Waals surface area contributed by atoms with Gasteiger partial charge in [0.25, 0.3) is 0 Å². The predicted octanol–water partition coefficient (Wildman–Crippen LogP) is 7.92. The highest BCUT2D eigenvalue weighted by Gasteiger charge is 2.42. The summed E-state index contributed by atoms with van der Waals surface area (Å²) >= 11 is 0. The SMILES string of the molecule is CCCCCCCCC/C=C/CCCCCCCCCC1N=CC[N+]1(CC)C(C)NC(C)=O. The summed E-state index contributed by atoms with van der Waals surface area (Å²) in [6.07, 6.45) is 30.2. The third-order valence-corrected chi connectivity index (χ3v) is 7.54. The Morgan fingerprint density at radius 1 is 0.909 bits per heavy atom. The van der Waals surface area contributed by atoms with Crippen LogP contribution in [0.3, 0.4) is 0 Å². The van der Waals surface area contributed by atoms with Gasteiger partial charge < -0.3 is 5.32 Å². The van der Waals surface area contributed by atoms with E-state index in [1.54, 1.807) is 6.92 Å². The highest BCUT2D eigenvalue weighted by atomic mass is 16.1. The van der Waals surface area contributed by atoms with Crippen LogP contribution in [0.4, 0.5) is 0 Å². The van der Waals surface area contributed by atoms with E-state index >= 15 is 0 Å². The molecule has 0 saturated heterocycles. The second-order valence-corrected chi connectivity index (χ2v) is 10.2. The van der Waals surface area contributed by atoms with Gasteiger partial charge in [0, 0.05) is 20.3 Å². The summed E-state index contributed by atoms with van der Waals surface area (Å²) in [6, 6.07) is 0. The first kappa shape index (κ1) is 29.9. The summed E-state index contributed by atoms with van der Waals surface area (Å²) in [5.41, 5.74) is 0. The first-order chi connectivity index (χ1) is 16.1. The van der Waals surface area contributed by atoms with Gasteiger partial charge in [-0.05, 0) is 39.0 Å². The van der Waals surface area contributed by atoms with Crippen LogP contribution in [-0.2, 0) is 4.79 Å². The zero-order valence-corrected chi connectivity index (χ0v) is 22.6. The van der Waals surface area contributed by atoms with Crippen LogP contribution in [0.1, 0.15) is 137 Å². The Kier molecular flexibility index (Phi) is 17.4. The van der Waals surface area contributed by atoms with Crippen LogP contribution in [-0.4, -0.2) is 42.0 Å². The van der Waals surface area contributed by atoms with Crippen molar-refractivity contribution in [1.29, 1.82) is 0 Å². The lowest BCUT2D eigenvalue weighted by Gasteiger charge is -2.42. The standard InChI is InChI=1S/C29H55N3O/c1-5-7-8-9-10-11-12-13-14-15-16-17-18-19-20-21-22-23-24-29-30-25-26-32(29,6-2)27(3)31-28(4)33/h14-15,25,27,29H,5-13,16-24,26H2,1-4H3/p+1/b15-14+. The fourth-order valence-electron chi connectivity index (χ4n) is 5.29. The average Bonchev–Trinajstić information content (AvgIpc) is 3.22. The molecule has 3 atom stereocenters. The molecule has 1 aliphatic heterocycles. The maximum Gasteiger partial charge on any atom is 0.221 e. The fourth-order valence-corrected chi connectivity index (χ4v) is 5.29. The summed E-state index contributed by atoms with van der Waals surface area (Å²) in [7, 11) is 0. The maximum absolute atomic E-state index is 11.5. The zero-order chi connectivity index (χ0) is 24.2. The van der Waals surface area contributed by atoms with Crippen molar-refractivity contribution >= 4 is 12.1 Å². The third-order valence-electron chi connectivity index (χ3n) is 7.54. The van der Waals surface area contributed by atoms with E-state index in [-0.39, 0.29) is 12.1 Å². The minimum atomic E-state index is 0.0581. The highest BCUT2D eigenvalue weighted by molar-refractivity contribution is 5.73. The van der Waals surface area contributed by atoms with Crippen molar-refractivity contribution in [3.05, 3.63) is 12.2 Å². The molecule has 3 unspecified atom stereocenters. The van der Waals surface area contributed by atoms with Crippen molar-refractivity contribution < 1.29 is 9.28 Å². The van der Waals surface area contributed by atoms with Gasteiger partial charge in [0.15, 0.2) is 12.3 Å². The van der Waals surface area contributed by atoms with Crippen LogP contribution < -0.4 is 5.32 Å². The lowest BCUT2D eigenvalue weighted by molar-refractivity contribution is -0.959. The second kappa shape index (κ2) is 19.2. The third kappa shape index (κ3) is 12.8. The minimum Gasteiger partial charge on any atom is -0.307 e. The normalized spacial score (nSPS) is 21.2. The molecule has 33 heavy (non-hydrogen) atoms. The number of nitrogens with zero attached hydrogens (tertiary/aromatic N) is 2. The quantitative estimate of drug-likeness (QED) is 0.105. The number of amides is 1. The first-order valence-corrected chi connectivity index (χ1v) is 14.4. The van der Waals surface area contributed by atoms with Crippen LogP contribution in [0, 0.1) is 0 Å². The Morgan fingerprint density at radius 3 is 1.94 bits per heavy atom. The Labute approximate surface area is 206 Å². The van der Waals surface area contributed by atoms with Crippen LogP contribution in [0.25, 0.3) is 0 Å². The number of unbranched alkanes of at least 4 members (excludes halogenated alkanes) is 14. The molecule has 0 fully saturated rings. The van der Waals surface area contributed by atoms with Crippen LogP contribution in [0.2, 0.25) is 0 Å². The Bertz CT molecular complexity index is 545. The molecule has 0 saturated carbocycles. The lowest BCUT2D eigenvalue weighted by Crippen LogP contribution is -2.63. The number of hydrogen-bond acceptors (Lipinski definition) is 2. The number of quaternary nitrogens is 1. The van der Waals surface area contributed by atoms with Gasteiger partial charge in [-0.25, -0.2) is 4.99 Å². The molecule has 1 amide bonds. The monoisotopic (exact) mass is 462 g/mol. The number of hydrogen-bond donors (Lipinski definition) is 1. The summed E-state index contributed by atoms with van der Waals surface area (Å²) < 4.78 is 0.881. The molecular formula is C29H56N3O+. The van der Waals surface area contributed by atoms with Crippen molar-refractivity contribution in [2.45, 2.75) is 149 Å². The smallest absolute Gasteiger partial charge is 0.221 e. The minimum absolute atomic E-state index is 0.0581. The Morgan fingerprint density at radius 2 is 1.42 bits per heavy atom. The van der Waals surface area contributed by atoms with E-state index < -0.39 is 0 Å². The van der Waals surface area contributed by atoms with E-state index in [9.17, 15) is 4.79 Å². The van der Waals surface area contributed by atoms with E-state index in [1.165, 1.54) is 103 Å². The van der Waals surface area contributed by atoms with E-state index in [1.807, 2.05) is 0 Å². The summed E-state index contributed by atoms with van der Waals surface area (Å²) in [5.74, 6) is 0.0581. The number of carbonyl (C=O) groups is 1. The number of aliphatic imine (C=N–C) groups is 1. The lowest BCUT2D eigenvalue weighted by atomic mass is 10.0. The average molecular weight is 463 g/mol. The van der Waals surface area contributed by atoms with Crippen LogP contribution >= 0.6 is 0 Å². The Balaban J connectivity index is 1.98. The van der Waals surface area contributed by atoms with Gasteiger partial charge in [-0.2, -0.15) is 0 Å². The van der Waals surface area contributed by atoms with Crippen molar-refractivity contribution in [2.24, 2.45) is 4.99 Å². The maximum atomic E-state index is 11.5. The van der Waals surface area contributed by atoms with Gasteiger partial charge in [0.05, 0.1) is 12.8 Å². The molecule has 0 radical (unpaired) electrons. The zero-order valence-electron chi connectivity index (χ0n) is 22.6. The van der Waals surface area contributed by atoms with Crippen molar-refractivity contribution in [1.82, 2.24) is 5.32 Å². The predicted molar refractivity (Wildman–Crippen MR) is 145 cm³/mol. The summed E-state index contributed by atoms with van der Waals surface area (Å²) in [5, 5.41) is 3.12. The van der Waals surface area contributed by atoms with Gasteiger partial charge in [-0.1, -0.05) is 89.7 Å². The number of allylic oxidation sites excluding steroid dienone is 2. The molecule has 1 rings (SSSR count). The van der Waals surface area contributed by atoms with E-state index in [4.69, 9.17) is 4.99 Å². The molecule has 1 N–H and O–H groups in total. The van der Waals surface area contributed by atoms with Gasteiger partial charge in [0.2, 0.25) is 5.91 Å². The molecule has 0 aliphatic carbocycles. The highest BCUT2D eigenvalue weighted by Crippen LogP contribution is 2.27. The molecule has 0 aromatic heterocycles. The molecule has 0 spiro atoms. The summed E-state index contributed by atoms with van der Waals surface area (Å²) in [6.45, 7) is 10.2. The molecule has 0 bridgehead atoms. The molecular weight excluding hydrogens is 406 g/mol. The van der Waals surface area contributed by atoms with Gasteiger partial charge in [-0.3, -0.25) is 9.28 Å². The van der Waals surface area contributed by atoms with Crippen LogP contribution in [0.15, 0.2) is 17.1 Å². The van der Waals surface area contributed by atoms with Gasteiger partial charge in [-0.15, -0.1) is 0 Å². The molecule has 4 nitrogen and oxygen atoms in total. The summed E-state index contributed by atoms with van der Waals surface area (Å²) in [4.78, 5) is 16.3. The topological polar surface area (TPSA) is 41.5 Å². The van der Waals surface area contributed by atoms with E-state index in [0.717, 1.165) is 24.0 Å². The molecule has 0 aromatic carbocycles. The fraction of sp³-hybridized carbons (Fsp3) is 0.862. The molecule has 4 heteroatoms. The molecule has 192 valence electrons. The Hall–Kier alpha value is -1.16. The molecule has 0 aromatic rings. The largest absolute Gasteiger partial charge is 0.307 e. The second-order valence-electron chi connectivity index (χ2n) is 10.2. The van der Waals surface area contributed by atoms with E-state index in [0.29, 0.717) is 6.17 Å². The number of rotatable bonds is 21. The van der Waals surface area contributed by atoms with Crippen molar-refractivity contribution in [3.63, 3.8) is 0 Å². The van der Waals surface area contributed by atoms with Crippen LogP contribution in [0.5, 0.6) is 0 Å². The number of nitrogens with one attached hydrogen (secondary N) is 1. The molecule has 1 heterocycles. The van der Waals surface area contributed by atoms with Gasteiger partial charge in [0.1, 0.15) is 6.54 Å².